The minimum atomic E-state index is -0.0132. The van der Waals surface area contributed by atoms with Crippen LogP contribution in [0, 0.1) is 0 Å². The molecule has 0 spiro atoms. The van der Waals surface area contributed by atoms with E-state index in [-0.39, 0.29) is 12.1 Å². The van der Waals surface area contributed by atoms with Crippen LogP contribution in [0.25, 0.3) is 0 Å². The second-order valence-corrected chi connectivity index (χ2v) is 5.44. The Bertz CT molecular complexity index is 587. The Kier molecular flexibility index (Phi) is 5.26. The van der Waals surface area contributed by atoms with E-state index in [4.69, 9.17) is 4.74 Å². The van der Waals surface area contributed by atoms with Gasteiger partial charge in [0.15, 0.2) is 0 Å². The molecule has 2 rings (SSSR count). The van der Waals surface area contributed by atoms with Gasteiger partial charge in [0.1, 0.15) is 0 Å². The van der Waals surface area contributed by atoms with Crippen LogP contribution in [0.1, 0.15) is 27.2 Å². The Labute approximate surface area is 126 Å². The third kappa shape index (κ3) is 4.52. The van der Waals surface area contributed by atoms with Crippen molar-refractivity contribution >= 4 is 17.7 Å². The highest BCUT2D eigenvalue weighted by atomic mass is 32.2. The number of anilines is 1. The molecule has 0 amide bonds. The van der Waals surface area contributed by atoms with Gasteiger partial charge in [0, 0.05) is 13.6 Å². The van der Waals surface area contributed by atoms with Crippen molar-refractivity contribution in [3.8, 4) is 6.01 Å². The average Bonchev–Trinajstić information content (AvgIpc) is 2.81. The number of rotatable bonds is 7. The van der Waals surface area contributed by atoms with Crippen molar-refractivity contribution in [3.63, 3.8) is 0 Å². The van der Waals surface area contributed by atoms with Crippen LogP contribution in [0.2, 0.25) is 0 Å². The molecule has 1 N–H and O–H groups in total. The summed E-state index contributed by atoms with van der Waals surface area (Å²) in [5, 5.41) is 15.5. The van der Waals surface area contributed by atoms with Gasteiger partial charge >= 0.3 is 6.01 Å². The summed E-state index contributed by atoms with van der Waals surface area (Å²) in [7, 11) is 1.76. The van der Waals surface area contributed by atoms with Gasteiger partial charge in [0.25, 0.3) is 0 Å². The number of nitrogens with zero attached hydrogens (tertiary/aromatic N) is 7. The molecule has 0 atom stereocenters. The molecule has 2 aromatic rings. The van der Waals surface area contributed by atoms with Crippen LogP contribution in [0.3, 0.4) is 0 Å². The van der Waals surface area contributed by atoms with Crippen LogP contribution < -0.4 is 10.1 Å². The van der Waals surface area contributed by atoms with Crippen LogP contribution in [0.15, 0.2) is 10.3 Å². The summed E-state index contributed by atoms with van der Waals surface area (Å²) in [6.07, 6.45) is 0.961. The maximum atomic E-state index is 5.55. The van der Waals surface area contributed by atoms with Crippen LogP contribution in [-0.4, -0.2) is 47.8 Å². The van der Waals surface area contributed by atoms with Gasteiger partial charge in [0.2, 0.25) is 16.3 Å². The van der Waals surface area contributed by atoms with Gasteiger partial charge in [0.05, 0.1) is 6.10 Å². The lowest BCUT2D eigenvalue weighted by atomic mass is 10.5. The van der Waals surface area contributed by atoms with Crippen molar-refractivity contribution < 1.29 is 4.74 Å². The first-order valence-corrected chi connectivity index (χ1v) is 7.47. The summed E-state index contributed by atoms with van der Waals surface area (Å²) >= 11 is 1.25. The van der Waals surface area contributed by atoms with Crippen molar-refractivity contribution in [2.75, 3.05) is 11.9 Å². The predicted molar refractivity (Wildman–Crippen MR) is 77.3 cm³/mol. The molecule has 2 aromatic heterocycles. The number of aryl methyl sites for hydroxylation is 1. The summed E-state index contributed by atoms with van der Waals surface area (Å²) < 4.78 is 7.10. The van der Waals surface area contributed by atoms with Crippen LogP contribution in [0.5, 0.6) is 6.01 Å². The fraction of sp³-hybridized carbons (Fsp3) is 0.636. The zero-order chi connectivity index (χ0) is 15.2. The van der Waals surface area contributed by atoms with E-state index in [1.54, 1.807) is 11.7 Å². The van der Waals surface area contributed by atoms with E-state index in [0.29, 0.717) is 16.3 Å². The molecule has 0 aliphatic heterocycles. The molecule has 0 aliphatic rings. The first kappa shape index (κ1) is 15.4. The van der Waals surface area contributed by atoms with Gasteiger partial charge < -0.3 is 10.1 Å². The van der Waals surface area contributed by atoms with Gasteiger partial charge in [-0.2, -0.15) is 15.0 Å². The molecule has 0 aliphatic carbocycles. The molecular formula is C11H18N8OS. The van der Waals surface area contributed by atoms with Gasteiger partial charge in [-0.15, -0.1) is 5.10 Å². The monoisotopic (exact) mass is 310 g/mol. The number of tetrazole rings is 1. The van der Waals surface area contributed by atoms with E-state index >= 15 is 0 Å². The molecule has 0 bridgehead atoms. The molecular weight excluding hydrogens is 292 g/mol. The molecule has 9 nitrogen and oxygen atoms in total. The molecule has 2 heterocycles. The lowest BCUT2D eigenvalue weighted by Gasteiger charge is -2.10. The number of aromatic nitrogens is 7. The second-order valence-electron chi connectivity index (χ2n) is 4.50. The van der Waals surface area contributed by atoms with Crippen LogP contribution in [0.4, 0.5) is 5.95 Å². The third-order valence-electron chi connectivity index (χ3n) is 2.23. The molecule has 0 radical (unpaired) electrons. The Balaban J connectivity index is 2.23. The van der Waals surface area contributed by atoms with Gasteiger partial charge in [-0.05, 0) is 42.5 Å². The second kappa shape index (κ2) is 7.16. The Morgan fingerprint density at radius 2 is 2.10 bits per heavy atom. The van der Waals surface area contributed by atoms with Gasteiger partial charge in [-0.1, -0.05) is 6.92 Å². The zero-order valence-corrected chi connectivity index (χ0v) is 13.3. The van der Waals surface area contributed by atoms with E-state index in [1.165, 1.54) is 11.8 Å². The largest absolute Gasteiger partial charge is 0.461 e. The molecule has 0 fully saturated rings. The van der Waals surface area contributed by atoms with Crippen molar-refractivity contribution in [2.24, 2.45) is 7.05 Å². The number of nitrogens with one attached hydrogen (secondary N) is 1. The summed E-state index contributed by atoms with van der Waals surface area (Å²) in [6.45, 7) is 6.69. The highest BCUT2D eigenvalue weighted by Crippen LogP contribution is 2.23. The Morgan fingerprint density at radius 3 is 2.71 bits per heavy atom. The number of hydrogen-bond donors (Lipinski definition) is 1. The average molecular weight is 310 g/mol. The summed E-state index contributed by atoms with van der Waals surface area (Å²) in [6, 6.07) is 0.288. The van der Waals surface area contributed by atoms with E-state index in [0.717, 1.165) is 13.0 Å². The zero-order valence-electron chi connectivity index (χ0n) is 12.4. The SMILES string of the molecule is CCCNc1nc(OC(C)C)nc(Sc2nnnn2C)n1. The van der Waals surface area contributed by atoms with Crippen molar-refractivity contribution in [2.45, 2.75) is 43.6 Å². The molecule has 0 aromatic carbocycles. The summed E-state index contributed by atoms with van der Waals surface area (Å²) in [4.78, 5) is 12.8. The first-order chi connectivity index (χ1) is 10.1. The minimum absolute atomic E-state index is 0.0132. The molecule has 10 heteroatoms. The van der Waals surface area contributed by atoms with E-state index in [1.807, 2.05) is 13.8 Å². The fourth-order valence-electron chi connectivity index (χ4n) is 1.35. The molecule has 0 saturated carbocycles. The molecule has 0 saturated heterocycles. The van der Waals surface area contributed by atoms with Crippen LogP contribution in [-0.2, 0) is 7.05 Å². The molecule has 114 valence electrons. The maximum absolute atomic E-state index is 5.55. The van der Waals surface area contributed by atoms with Crippen molar-refractivity contribution in [1.29, 1.82) is 0 Å². The third-order valence-corrected chi connectivity index (χ3v) is 3.13. The van der Waals surface area contributed by atoms with Gasteiger partial charge in [-0.25, -0.2) is 4.68 Å². The smallest absolute Gasteiger partial charge is 0.322 e. The standard InChI is InChI=1S/C11H18N8OS/c1-5-6-12-8-13-9(20-7(2)3)15-10(14-8)21-11-16-17-18-19(11)4/h7H,5-6H2,1-4H3,(H,12,13,14,15). The van der Waals surface area contributed by atoms with Crippen LogP contribution >= 0.6 is 11.8 Å². The summed E-state index contributed by atoms with van der Waals surface area (Å²) in [5.74, 6) is 0.486. The highest BCUT2D eigenvalue weighted by Gasteiger charge is 2.13. The topological polar surface area (TPSA) is 104 Å². The quantitative estimate of drug-likeness (QED) is 0.806. The number of ether oxygens (including phenoxy) is 1. The van der Waals surface area contributed by atoms with Gasteiger partial charge in [-0.3, -0.25) is 0 Å². The van der Waals surface area contributed by atoms with Crippen molar-refractivity contribution in [3.05, 3.63) is 0 Å². The first-order valence-electron chi connectivity index (χ1n) is 6.65. The van der Waals surface area contributed by atoms with Crippen molar-refractivity contribution in [1.82, 2.24) is 35.2 Å². The Morgan fingerprint density at radius 1 is 1.29 bits per heavy atom. The Hall–Kier alpha value is -1.97. The lowest BCUT2D eigenvalue weighted by molar-refractivity contribution is 0.219. The van der Waals surface area contributed by atoms with E-state index in [9.17, 15) is 0 Å². The maximum Gasteiger partial charge on any atom is 0.322 e. The summed E-state index contributed by atoms with van der Waals surface area (Å²) in [5.41, 5.74) is 0. The van der Waals surface area contributed by atoms with E-state index < -0.39 is 0 Å². The predicted octanol–water partition coefficient (Wildman–Crippen LogP) is 1.16. The highest BCUT2D eigenvalue weighted by molar-refractivity contribution is 7.99. The molecule has 21 heavy (non-hydrogen) atoms. The van der Waals surface area contributed by atoms with E-state index in [2.05, 4.69) is 42.7 Å². The fourth-order valence-corrected chi connectivity index (χ4v) is 2.02. The normalized spacial score (nSPS) is 10.9. The number of hydrogen-bond acceptors (Lipinski definition) is 9. The lowest BCUT2D eigenvalue weighted by Crippen LogP contribution is -2.12. The molecule has 0 unspecified atom stereocenters. The minimum Gasteiger partial charge on any atom is -0.461 e.